The first-order valence-corrected chi connectivity index (χ1v) is 5.96. The maximum atomic E-state index is 8.76. The summed E-state index contributed by atoms with van der Waals surface area (Å²) in [5, 5.41) is 12.5. The molecule has 1 N–H and O–H groups in total. The number of nitriles is 1. The molecule has 17 heavy (non-hydrogen) atoms. The molecule has 2 rings (SSSR count). The molecule has 5 heteroatoms. The van der Waals surface area contributed by atoms with Gasteiger partial charge in [0.05, 0.1) is 15.2 Å². The number of hydrogen-bond donors (Lipinski definition) is 1. The summed E-state index contributed by atoms with van der Waals surface area (Å²) in [5.41, 5.74) is 1.17. The fourth-order valence-corrected chi connectivity index (χ4v) is 1.84. The van der Waals surface area contributed by atoms with Gasteiger partial charge in [-0.25, -0.2) is 4.98 Å². The van der Waals surface area contributed by atoms with E-state index >= 15 is 0 Å². The van der Waals surface area contributed by atoms with E-state index in [9.17, 15) is 0 Å². The van der Waals surface area contributed by atoms with E-state index in [2.05, 4.69) is 26.2 Å². The summed E-state index contributed by atoms with van der Waals surface area (Å²) in [6, 6.07) is 12.7. The minimum absolute atomic E-state index is 0.369. The molecule has 0 radical (unpaired) electrons. The van der Waals surface area contributed by atoms with Gasteiger partial charge < -0.3 is 5.32 Å². The van der Waals surface area contributed by atoms with Crippen molar-refractivity contribution in [2.75, 3.05) is 5.32 Å². The lowest BCUT2D eigenvalue weighted by Crippen LogP contribution is -1.95. The summed E-state index contributed by atoms with van der Waals surface area (Å²) in [5.74, 6) is 0.604. The zero-order chi connectivity index (χ0) is 12.3. The largest absolute Gasteiger partial charge is 0.339 e. The van der Waals surface area contributed by atoms with Gasteiger partial charge in [0, 0.05) is 0 Å². The predicted molar refractivity (Wildman–Crippen MR) is 71.4 cm³/mol. The van der Waals surface area contributed by atoms with Gasteiger partial charge in [0.1, 0.15) is 17.6 Å². The molecule has 0 aliphatic heterocycles. The summed E-state index contributed by atoms with van der Waals surface area (Å²) in [7, 11) is 0. The quantitative estimate of drug-likeness (QED) is 0.908. The standard InChI is InChI=1S/C12H7BrClN3/c13-12-9(14)4-2-5-10(12)17-11-6-1-3-8(7-15)16-11/h1-6H,(H,16,17). The molecule has 2 aromatic rings. The van der Waals surface area contributed by atoms with E-state index in [1.165, 1.54) is 0 Å². The average molecular weight is 309 g/mol. The molecule has 3 nitrogen and oxygen atoms in total. The lowest BCUT2D eigenvalue weighted by molar-refractivity contribution is 1.25. The Hall–Kier alpha value is -1.57. The normalized spacial score (nSPS) is 9.71. The molecule has 0 saturated heterocycles. The number of anilines is 2. The van der Waals surface area contributed by atoms with Crippen LogP contribution in [0.15, 0.2) is 40.9 Å². The number of pyridine rings is 1. The third-order valence-electron chi connectivity index (χ3n) is 2.08. The van der Waals surface area contributed by atoms with Crippen molar-refractivity contribution in [2.45, 2.75) is 0 Å². The Balaban J connectivity index is 2.32. The van der Waals surface area contributed by atoms with E-state index in [-0.39, 0.29) is 0 Å². The molecule has 0 unspecified atom stereocenters. The van der Waals surface area contributed by atoms with Crippen molar-refractivity contribution >= 4 is 39.0 Å². The minimum Gasteiger partial charge on any atom is -0.339 e. The molecule has 0 aliphatic carbocycles. The molecule has 1 heterocycles. The Morgan fingerprint density at radius 1 is 1.24 bits per heavy atom. The van der Waals surface area contributed by atoms with Gasteiger partial charge in [-0.2, -0.15) is 5.26 Å². The molecule has 0 bridgehead atoms. The van der Waals surface area contributed by atoms with E-state index in [0.29, 0.717) is 16.5 Å². The number of nitrogens with zero attached hydrogens (tertiary/aromatic N) is 2. The van der Waals surface area contributed by atoms with Crippen LogP contribution in [0.5, 0.6) is 0 Å². The SMILES string of the molecule is N#Cc1cccc(Nc2cccc(Cl)c2Br)n1. The second kappa shape index (κ2) is 5.17. The monoisotopic (exact) mass is 307 g/mol. The van der Waals surface area contributed by atoms with Crippen LogP contribution in [-0.4, -0.2) is 4.98 Å². The van der Waals surface area contributed by atoms with E-state index in [0.717, 1.165) is 10.2 Å². The fourth-order valence-electron chi connectivity index (χ4n) is 1.30. The van der Waals surface area contributed by atoms with Gasteiger partial charge in [-0.3, -0.25) is 0 Å². The number of halogens is 2. The minimum atomic E-state index is 0.369. The maximum Gasteiger partial charge on any atom is 0.142 e. The third-order valence-corrected chi connectivity index (χ3v) is 3.48. The Labute approximate surface area is 112 Å². The summed E-state index contributed by atoms with van der Waals surface area (Å²) in [4.78, 5) is 4.12. The van der Waals surface area contributed by atoms with Crippen LogP contribution in [-0.2, 0) is 0 Å². The Kier molecular flexibility index (Phi) is 3.62. The van der Waals surface area contributed by atoms with Crippen LogP contribution >= 0.6 is 27.5 Å². The van der Waals surface area contributed by atoms with Gasteiger partial charge in [0.2, 0.25) is 0 Å². The summed E-state index contributed by atoms with van der Waals surface area (Å²) in [6.07, 6.45) is 0. The fraction of sp³-hybridized carbons (Fsp3) is 0. The number of benzene rings is 1. The van der Waals surface area contributed by atoms with Gasteiger partial charge in [-0.15, -0.1) is 0 Å². The van der Waals surface area contributed by atoms with E-state index in [1.54, 1.807) is 24.3 Å². The number of aromatic nitrogens is 1. The van der Waals surface area contributed by atoms with Crippen molar-refractivity contribution < 1.29 is 0 Å². The van der Waals surface area contributed by atoms with Crippen LogP contribution < -0.4 is 5.32 Å². The van der Waals surface area contributed by atoms with Crippen LogP contribution in [0.25, 0.3) is 0 Å². The van der Waals surface area contributed by atoms with Crippen molar-refractivity contribution in [1.29, 1.82) is 5.26 Å². The summed E-state index contributed by atoms with van der Waals surface area (Å²) in [6.45, 7) is 0. The molecule has 0 atom stereocenters. The second-order valence-corrected chi connectivity index (χ2v) is 4.45. The smallest absolute Gasteiger partial charge is 0.142 e. The summed E-state index contributed by atoms with van der Waals surface area (Å²) < 4.78 is 0.769. The van der Waals surface area contributed by atoms with Crippen LogP contribution in [0, 0.1) is 11.3 Å². The third kappa shape index (κ3) is 2.76. The predicted octanol–water partition coefficient (Wildman–Crippen LogP) is 4.11. The molecule has 1 aromatic heterocycles. The first kappa shape index (κ1) is 11.9. The van der Waals surface area contributed by atoms with Crippen LogP contribution in [0.1, 0.15) is 5.69 Å². The number of hydrogen-bond acceptors (Lipinski definition) is 3. The van der Waals surface area contributed by atoms with Gasteiger partial charge in [-0.05, 0) is 40.2 Å². The van der Waals surface area contributed by atoms with Gasteiger partial charge >= 0.3 is 0 Å². The highest BCUT2D eigenvalue weighted by atomic mass is 79.9. The first-order valence-electron chi connectivity index (χ1n) is 4.79. The van der Waals surface area contributed by atoms with Gasteiger partial charge in [-0.1, -0.05) is 23.7 Å². The summed E-state index contributed by atoms with van der Waals surface area (Å²) >= 11 is 9.36. The van der Waals surface area contributed by atoms with Crippen molar-refractivity contribution in [2.24, 2.45) is 0 Å². The average Bonchev–Trinajstić information content (AvgIpc) is 2.35. The zero-order valence-electron chi connectivity index (χ0n) is 8.61. The number of nitrogens with one attached hydrogen (secondary N) is 1. The highest BCUT2D eigenvalue weighted by Gasteiger charge is 2.04. The van der Waals surface area contributed by atoms with Crippen LogP contribution in [0.3, 0.4) is 0 Å². The Bertz CT molecular complexity index is 593. The maximum absolute atomic E-state index is 8.76. The zero-order valence-corrected chi connectivity index (χ0v) is 11.0. The first-order chi connectivity index (χ1) is 8.20. The molecule has 0 saturated carbocycles. The Morgan fingerprint density at radius 2 is 2.00 bits per heavy atom. The van der Waals surface area contributed by atoms with E-state index in [4.69, 9.17) is 16.9 Å². The molecular formula is C12H7BrClN3. The van der Waals surface area contributed by atoms with Crippen molar-refractivity contribution in [3.8, 4) is 6.07 Å². The van der Waals surface area contributed by atoms with Gasteiger partial charge in [0.15, 0.2) is 0 Å². The molecule has 0 spiro atoms. The van der Waals surface area contributed by atoms with Crippen molar-refractivity contribution in [3.63, 3.8) is 0 Å². The van der Waals surface area contributed by atoms with Gasteiger partial charge in [0.25, 0.3) is 0 Å². The molecule has 0 aliphatic rings. The lowest BCUT2D eigenvalue weighted by Gasteiger charge is -2.08. The Morgan fingerprint density at radius 3 is 2.76 bits per heavy atom. The lowest BCUT2D eigenvalue weighted by atomic mass is 10.3. The van der Waals surface area contributed by atoms with E-state index in [1.807, 2.05) is 18.2 Å². The highest BCUT2D eigenvalue weighted by Crippen LogP contribution is 2.31. The van der Waals surface area contributed by atoms with Crippen LogP contribution in [0.4, 0.5) is 11.5 Å². The molecule has 0 fully saturated rings. The molecular weight excluding hydrogens is 302 g/mol. The molecule has 1 aromatic carbocycles. The highest BCUT2D eigenvalue weighted by molar-refractivity contribution is 9.10. The van der Waals surface area contributed by atoms with Crippen LogP contribution in [0.2, 0.25) is 5.02 Å². The second-order valence-electron chi connectivity index (χ2n) is 3.25. The van der Waals surface area contributed by atoms with E-state index < -0.39 is 0 Å². The topological polar surface area (TPSA) is 48.7 Å². The van der Waals surface area contributed by atoms with Crippen molar-refractivity contribution in [3.05, 3.63) is 51.6 Å². The molecule has 84 valence electrons. The number of rotatable bonds is 2. The molecule has 0 amide bonds. The van der Waals surface area contributed by atoms with Crippen molar-refractivity contribution in [1.82, 2.24) is 4.98 Å².